The summed E-state index contributed by atoms with van der Waals surface area (Å²) in [5.74, 6) is 0.834. The molecule has 0 spiro atoms. The lowest BCUT2D eigenvalue weighted by atomic mass is 10.1. The second kappa shape index (κ2) is 5.28. The third-order valence-electron chi connectivity index (χ3n) is 3.30. The van der Waals surface area contributed by atoms with E-state index in [0.29, 0.717) is 6.54 Å². The second-order valence-electron chi connectivity index (χ2n) is 4.71. The molecule has 102 valence electrons. The number of nitrogens with zero attached hydrogens (tertiary/aromatic N) is 4. The summed E-state index contributed by atoms with van der Waals surface area (Å²) in [5, 5.41) is 7.74. The van der Waals surface area contributed by atoms with Gasteiger partial charge in [0.1, 0.15) is 5.52 Å². The van der Waals surface area contributed by atoms with Gasteiger partial charge < -0.3 is 5.32 Å². The van der Waals surface area contributed by atoms with Crippen molar-refractivity contribution in [2.24, 2.45) is 0 Å². The van der Waals surface area contributed by atoms with Crippen LogP contribution >= 0.6 is 0 Å². The van der Waals surface area contributed by atoms with E-state index in [0.717, 1.165) is 29.1 Å². The van der Waals surface area contributed by atoms with Gasteiger partial charge in [0.2, 0.25) is 0 Å². The van der Waals surface area contributed by atoms with Crippen molar-refractivity contribution in [3.05, 3.63) is 53.7 Å². The van der Waals surface area contributed by atoms with E-state index in [-0.39, 0.29) is 0 Å². The predicted molar refractivity (Wildman–Crippen MR) is 78.7 cm³/mol. The molecule has 0 saturated heterocycles. The second-order valence-corrected chi connectivity index (χ2v) is 4.71. The molecule has 0 unspecified atom stereocenters. The molecular weight excluding hydrogens is 250 g/mol. The molecule has 5 heteroatoms. The zero-order valence-corrected chi connectivity index (χ0v) is 11.7. The first-order valence-electron chi connectivity index (χ1n) is 6.75. The molecule has 0 aliphatic carbocycles. The third-order valence-corrected chi connectivity index (χ3v) is 3.30. The molecule has 5 nitrogen and oxygen atoms in total. The average Bonchev–Trinajstić information content (AvgIpc) is 2.86. The Labute approximate surface area is 117 Å². The number of aryl methyl sites for hydroxylation is 2. The number of rotatable bonds is 4. The highest BCUT2D eigenvalue weighted by atomic mass is 15.2. The smallest absolute Gasteiger partial charge is 0.152 e. The van der Waals surface area contributed by atoms with Crippen molar-refractivity contribution in [1.82, 2.24) is 19.6 Å². The number of anilines is 1. The first-order valence-corrected chi connectivity index (χ1v) is 6.75. The van der Waals surface area contributed by atoms with E-state index in [1.807, 2.05) is 36.0 Å². The van der Waals surface area contributed by atoms with E-state index in [1.54, 1.807) is 6.20 Å². The fraction of sp³-hybridized carbons (Fsp3) is 0.267. The molecule has 0 fully saturated rings. The molecule has 0 radical (unpaired) electrons. The molecule has 0 aliphatic rings. The molecule has 0 aromatic carbocycles. The Balaban J connectivity index is 1.87. The van der Waals surface area contributed by atoms with Crippen LogP contribution in [-0.4, -0.2) is 19.6 Å². The highest BCUT2D eigenvalue weighted by molar-refractivity contribution is 5.67. The molecule has 0 saturated carbocycles. The number of hydrogen-bond donors (Lipinski definition) is 1. The third kappa shape index (κ3) is 2.34. The maximum Gasteiger partial charge on any atom is 0.152 e. The summed E-state index contributed by atoms with van der Waals surface area (Å²) in [7, 11) is 0. The summed E-state index contributed by atoms with van der Waals surface area (Å²) >= 11 is 0. The number of fused-ring (bicyclic) bond motifs is 1. The zero-order chi connectivity index (χ0) is 13.9. The highest BCUT2D eigenvalue weighted by Gasteiger charge is 2.06. The topological polar surface area (TPSA) is 55.1 Å². The Morgan fingerprint density at radius 1 is 1.25 bits per heavy atom. The Morgan fingerprint density at radius 2 is 2.15 bits per heavy atom. The predicted octanol–water partition coefficient (Wildman–Crippen LogP) is 2.61. The van der Waals surface area contributed by atoms with E-state index in [2.05, 4.69) is 33.4 Å². The molecule has 3 rings (SSSR count). The lowest BCUT2D eigenvalue weighted by molar-refractivity contribution is 0.914. The largest absolute Gasteiger partial charge is 0.363 e. The van der Waals surface area contributed by atoms with Crippen LogP contribution in [-0.2, 0) is 13.0 Å². The van der Waals surface area contributed by atoms with Crippen LogP contribution in [0.2, 0.25) is 0 Å². The van der Waals surface area contributed by atoms with E-state index >= 15 is 0 Å². The fourth-order valence-corrected chi connectivity index (χ4v) is 2.30. The molecule has 0 atom stereocenters. The van der Waals surface area contributed by atoms with Gasteiger partial charge in [0.15, 0.2) is 5.82 Å². The molecule has 3 aromatic heterocycles. The molecule has 0 bridgehead atoms. The maximum atomic E-state index is 4.44. The molecule has 3 heterocycles. The SMILES string of the molecule is CCc1cccnc1CNc1nccn2nc(C)cc12. The maximum absolute atomic E-state index is 4.44. The quantitative estimate of drug-likeness (QED) is 0.789. The fourth-order valence-electron chi connectivity index (χ4n) is 2.30. The van der Waals surface area contributed by atoms with Gasteiger partial charge in [0.25, 0.3) is 0 Å². The van der Waals surface area contributed by atoms with Crippen molar-refractivity contribution in [1.29, 1.82) is 0 Å². The summed E-state index contributed by atoms with van der Waals surface area (Å²) in [6, 6.07) is 6.11. The van der Waals surface area contributed by atoms with Crippen LogP contribution in [0, 0.1) is 6.92 Å². The van der Waals surface area contributed by atoms with Gasteiger partial charge >= 0.3 is 0 Å². The molecular formula is C15H17N5. The lowest BCUT2D eigenvalue weighted by Crippen LogP contribution is -2.07. The lowest BCUT2D eigenvalue weighted by Gasteiger charge is -2.09. The average molecular weight is 267 g/mol. The van der Waals surface area contributed by atoms with Crippen LogP contribution in [0.15, 0.2) is 36.8 Å². The van der Waals surface area contributed by atoms with E-state index in [4.69, 9.17) is 0 Å². The van der Waals surface area contributed by atoms with Crippen LogP contribution in [0.1, 0.15) is 23.9 Å². The van der Waals surface area contributed by atoms with Crippen molar-refractivity contribution in [3.63, 3.8) is 0 Å². The van der Waals surface area contributed by atoms with Crippen LogP contribution in [0.3, 0.4) is 0 Å². The minimum Gasteiger partial charge on any atom is -0.363 e. The first kappa shape index (κ1) is 12.6. The monoisotopic (exact) mass is 267 g/mol. The van der Waals surface area contributed by atoms with Crippen LogP contribution < -0.4 is 5.32 Å². The standard InChI is InChI=1S/C15H17N5/c1-3-12-5-4-6-16-13(12)10-18-15-14-9-11(2)19-20(14)8-7-17-15/h4-9H,3,10H2,1-2H3,(H,17,18). The number of pyridine rings is 1. The van der Waals surface area contributed by atoms with Crippen LogP contribution in [0.4, 0.5) is 5.82 Å². The van der Waals surface area contributed by atoms with Crippen LogP contribution in [0.25, 0.3) is 5.52 Å². The summed E-state index contributed by atoms with van der Waals surface area (Å²) in [6.07, 6.45) is 6.41. The van der Waals surface area contributed by atoms with Crippen molar-refractivity contribution in [2.75, 3.05) is 5.32 Å². The van der Waals surface area contributed by atoms with Gasteiger partial charge in [-0.2, -0.15) is 5.10 Å². The van der Waals surface area contributed by atoms with Crippen molar-refractivity contribution in [3.8, 4) is 0 Å². The van der Waals surface area contributed by atoms with Crippen molar-refractivity contribution < 1.29 is 0 Å². The normalized spacial score (nSPS) is 10.9. The minimum absolute atomic E-state index is 0.668. The number of aromatic nitrogens is 4. The molecule has 0 amide bonds. The number of hydrogen-bond acceptors (Lipinski definition) is 4. The van der Waals surface area contributed by atoms with Gasteiger partial charge in [-0.25, -0.2) is 9.50 Å². The van der Waals surface area contributed by atoms with Gasteiger partial charge in [-0.15, -0.1) is 0 Å². The van der Waals surface area contributed by atoms with E-state index in [9.17, 15) is 0 Å². The molecule has 0 aliphatic heterocycles. The van der Waals surface area contributed by atoms with Crippen molar-refractivity contribution in [2.45, 2.75) is 26.8 Å². The minimum atomic E-state index is 0.668. The van der Waals surface area contributed by atoms with Gasteiger partial charge in [0, 0.05) is 18.6 Å². The van der Waals surface area contributed by atoms with Crippen LogP contribution in [0.5, 0.6) is 0 Å². The number of nitrogens with one attached hydrogen (secondary N) is 1. The van der Waals surface area contributed by atoms with Gasteiger partial charge in [-0.1, -0.05) is 13.0 Å². The van der Waals surface area contributed by atoms with Gasteiger partial charge in [-0.05, 0) is 31.0 Å². The molecule has 20 heavy (non-hydrogen) atoms. The summed E-state index contributed by atoms with van der Waals surface area (Å²) in [6.45, 7) is 4.78. The Morgan fingerprint density at radius 3 is 3.00 bits per heavy atom. The van der Waals surface area contributed by atoms with E-state index in [1.165, 1.54) is 5.56 Å². The first-order chi connectivity index (χ1) is 9.78. The Bertz CT molecular complexity index is 732. The van der Waals surface area contributed by atoms with Gasteiger partial charge in [0.05, 0.1) is 17.9 Å². The molecule has 1 N–H and O–H groups in total. The van der Waals surface area contributed by atoms with Crippen molar-refractivity contribution >= 4 is 11.3 Å². The summed E-state index contributed by atoms with van der Waals surface area (Å²) in [4.78, 5) is 8.83. The summed E-state index contributed by atoms with van der Waals surface area (Å²) < 4.78 is 1.84. The Kier molecular flexibility index (Phi) is 3.33. The summed E-state index contributed by atoms with van der Waals surface area (Å²) in [5.41, 5.74) is 4.29. The van der Waals surface area contributed by atoms with E-state index < -0.39 is 0 Å². The van der Waals surface area contributed by atoms with Gasteiger partial charge in [-0.3, -0.25) is 4.98 Å². The zero-order valence-electron chi connectivity index (χ0n) is 11.7. The highest BCUT2D eigenvalue weighted by Crippen LogP contribution is 2.16. The Hall–Kier alpha value is -2.43. The molecule has 3 aromatic rings.